The van der Waals surface area contributed by atoms with Gasteiger partial charge in [-0.25, -0.2) is 4.79 Å². The van der Waals surface area contributed by atoms with Crippen molar-refractivity contribution in [2.24, 2.45) is 0 Å². The van der Waals surface area contributed by atoms with E-state index in [9.17, 15) is 4.79 Å². The number of nitrogen functional groups attached to an aromatic ring is 1. The highest BCUT2D eigenvalue weighted by Crippen LogP contribution is 2.19. The lowest BCUT2D eigenvalue weighted by molar-refractivity contribution is 0.0602. The molecule has 0 saturated carbocycles. The molecular weight excluding hydrogens is 194 g/mol. The largest absolute Gasteiger partial charge is 0.497 e. The van der Waals surface area contributed by atoms with Crippen LogP contribution in [0.15, 0.2) is 18.2 Å². The highest BCUT2D eigenvalue weighted by atomic mass is 16.5. The lowest BCUT2D eigenvalue weighted by Gasteiger charge is -2.05. The third kappa shape index (κ3) is 3.50. The van der Waals surface area contributed by atoms with Gasteiger partial charge in [0.2, 0.25) is 0 Å². The number of methoxy groups -OCH3 is 2. The van der Waals surface area contributed by atoms with E-state index >= 15 is 0 Å². The van der Waals surface area contributed by atoms with Gasteiger partial charge in [-0.3, -0.25) is 0 Å². The van der Waals surface area contributed by atoms with Gasteiger partial charge in [-0.1, -0.05) is 13.8 Å². The van der Waals surface area contributed by atoms with Crippen molar-refractivity contribution >= 4 is 11.7 Å². The van der Waals surface area contributed by atoms with Crippen molar-refractivity contribution in [1.29, 1.82) is 0 Å². The number of ether oxygens (including phenoxy) is 2. The monoisotopic (exact) mass is 211 g/mol. The zero-order valence-corrected chi connectivity index (χ0v) is 9.53. The summed E-state index contributed by atoms with van der Waals surface area (Å²) in [6, 6.07) is 4.80. The van der Waals surface area contributed by atoms with Gasteiger partial charge in [0, 0.05) is 11.8 Å². The Morgan fingerprint density at radius 3 is 2.27 bits per heavy atom. The van der Waals surface area contributed by atoms with E-state index in [4.69, 9.17) is 10.5 Å². The Morgan fingerprint density at radius 1 is 1.27 bits per heavy atom. The summed E-state index contributed by atoms with van der Waals surface area (Å²) in [4.78, 5) is 11.1. The van der Waals surface area contributed by atoms with Crippen LogP contribution in [0.3, 0.4) is 0 Å². The van der Waals surface area contributed by atoms with Crippen LogP contribution in [0.25, 0.3) is 0 Å². The summed E-state index contributed by atoms with van der Waals surface area (Å²) in [6.45, 7) is 4.00. The molecule has 4 nitrogen and oxygen atoms in total. The number of rotatable bonds is 2. The van der Waals surface area contributed by atoms with E-state index < -0.39 is 5.97 Å². The standard InChI is InChI=1S/C9H11NO3.C2H6/c1-12-6-3-4-7(8(10)5-6)9(11)13-2;1-2/h3-5H,10H2,1-2H3;1-2H3. The second-order valence-electron chi connectivity index (χ2n) is 2.44. The fourth-order valence-corrected chi connectivity index (χ4v) is 0.964. The summed E-state index contributed by atoms with van der Waals surface area (Å²) in [5, 5.41) is 0. The van der Waals surface area contributed by atoms with Crippen LogP contribution in [0.2, 0.25) is 0 Å². The minimum atomic E-state index is -0.444. The van der Waals surface area contributed by atoms with E-state index in [1.807, 2.05) is 13.8 Å². The number of benzene rings is 1. The molecule has 0 aliphatic carbocycles. The minimum absolute atomic E-state index is 0.350. The number of hydrogen-bond acceptors (Lipinski definition) is 4. The fourth-order valence-electron chi connectivity index (χ4n) is 0.964. The normalized spacial score (nSPS) is 8.53. The third-order valence-electron chi connectivity index (χ3n) is 1.66. The summed E-state index contributed by atoms with van der Waals surface area (Å²) in [7, 11) is 2.85. The molecule has 2 N–H and O–H groups in total. The fraction of sp³-hybridized carbons (Fsp3) is 0.364. The number of hydrogen-bond donors (Lipinski definition) is 1. The Morgan fingerprint density at radius 2 is 1.87 bits per heavy atom. The second-order valence-corrected chi connectivity index (χ2v) is 2.44. The number of anilines is 1. The average Bonchev–Trinajstić information content (AvgIpc) is 2.30. The van der Waals surface area contributed by atoms with Crippen LogP contribution in [-0.2, 0) is 4.74 Å². The Kier molecular flexibility index (Phi) is 5.94. The molecule has 0 unspecified atom stereocenters. The number of esters is 1. The van der Waals surface area contributed by atoms with Gasteiger partial charge >= 0.3 is 5.97 Å². The maximum absolute atomic E-state index is 11.1. The maximum Gasteiger partial charge on any atom is 0.339 e. The van der Waals surface area contributed by atoms with Crippen LogP contribution in [0, 0.1) is 0 Å². The summed E-state index contributed by atoms with van der Waals surface area (Å²) in [5.41, 5.74) is 6.30. The van der Waals surface area contributed by atoms with E-state index in [1.54, 1.807) is 18.2 Å². The van der Waals surface area contributed by atoms with Crippen LogP contribution < -0.4 is 10.5 Å². The van der Waals surface area contributed by atoms with Crippen molar-refractivity contribution in [3.63, 3.8) is 0 Å². The zero-order chi connectivity index (χ0) is 11.8. The number of nitrogens with two attached hydrogens (primary N) is 1. The van der Waals surface area contributed by atoms with Crippen molar-refractivity contribution in [2.45, 2.75) is 13.8 Å². The predicted molar refractivity (Wildman–Crippen MR) is 60.1 cm³/mol. The van der Waals surface area contributed by atoms with E-state index in [2.05, 4.69) is 4.74 Å². The Hall–Kier alpha value is -1.71. The van der Waals surface area contributed by atoms with Crippen molar-refractivity contribution in [3.8, 4) is 5.75 Å². The van der Waals surface area contributed by atoms with Gasteiger partial charge in [0.15, 0.2) is 0 Å². The van der Waals surface area contributed by atoms with Crippen LogP contribution in [0.1, 0.15) is 24.2 Å². The molecule has 0 spiro atoms. The summed E-state index contributed by atoms with van der Waals surface area (Å²) >= 11 is 0. The van der Waals surface area contributed by atoms with E-state index in [0.717, 1.165) is 0 Å². The molecule has 0 aromatic heterocycles. The summed E-state index contributed by atoms with van der Waals surface area (Å²) < 4.78 is 9.46. The maximum atomic E-state index is 11.1. The summed E-state index contributed by atoms with van der Waals surface area (Å²) in [6.07, 6.45) is 0. The van der Waals surface area contributed by atoms with E-state index in [-0.39, 0.29) is 0 Å². The van der Waals surface area contributed by atoms with Crippen LogP contribution in [-0.4, -0.2) is 20.2 Å². The first kappa shape index (κ1) is 13.3. The van der Waals surface area contributed by atoms with Gasteiger partial charge in [0.05, 0.1) is 19.8 Å². The molecule has 0 saturated heterocycles. The highest BCUT2D eigenvalue weighted by molar-refractivity contribution is 5.95. The smallest absolute Gasteiger partial charge is 0.339 e. The molecule has 0 bridgehead atoms. The SMILES string of the molecule is CC.COC(=O)c1ccc(OC)cc1N. The van der Waals surface area contributed by atoms with Crippen LogP contribution in [0.5, 0.6) is 5.75 Å². The molecule has 0 amide bonds. The lowest BCUT2D eigenvalue weighted by atomic mass is 10.2. The van der Waals surface area contributed by atoms with Crippen molar-refractivity contribution in [3.05, 3.63) is 23.8 Å². The van der Waals surface area contributed by atoms with Crippen molar-refractivity contribution in [2.75, 3.05) is 20.0 Å². The van der Waals surface area contributed by atoms with Crippen molar-refractivity contribution < 1.29 is 14.3 Å². The van der Waals surface area contributed by atoms with Gasteiger partial charge in [0.1, 0.15) is 5.75 Å². The molecule has 0 heterocycles. The molecule has 15 heavy (non-hydrogen) atoms. The van der Waals surface area contributed by atoms with Gasteiger partial charge in [-0.05, 0) is 12.1 Å². The summed E-state index contributed by atoms with van der Waals surface area (Å²) in [5.74, 6) is 0.172. The second kappa shape index (κ2) is 6.70. The molecule has 1 aromatic carbocycles. The topological polar surface area (TPSA) is 61.5 Å². The number of carbonyl (C=O) groups excluding carboxylic acids is 1. The molecule has 0 fully saturated rings. The first-order valence-corrected chi connectivity index (χ1v) is 4.71. The molecule has 0 atom stereocenters. The highest BCUT2D eigenvalue weighted by Gasteiger charge is 2.09. The van der Waals surface area contributed by atoms with Crippen molar-refractivity contribution in [1.82, 2.24) is 0 Å². The third-order valence-corrected chi connectivity index (χ3v) is 1.66. The Labute approximate surface area is 90.0 Å². The van der Waals surface area contributed by atoms with Crippen LogP contribution in [0.4, 0.5) is 5.69 Å². The molecule has 0 aliphatic rings. The molecule has 1 aromatic rings. The van der Waals surface area contributed by atoms with Gasteiger partial charge in [-0.15, -0.1) is 0 Å². The molecule has 0 aliphatic heterocycles. The molecular formula is C11H17NO3. The Balaban J connectivity index is 0.000000921. The molecule has 1 rings (SSSR count). The van der Waals surface area contributed by atoms with E-state index in [1.165, 1.54) is 14.2 Å². The first-order chi connectivity index (χ1) is 7.19. The number of carbonyl (C=O) groups is 1. The van der Waals surface area contributed by atoms with Crippen LogP contribution >= 0.6 is 0 Å². The minimum Gasteiger partial charge on any atom is -0.497 e. The van der Waals surface area contributed by atoms with Gasteiger partial charge in [0.25, 0.3) is 0 Å². The molecule has 4 heteroatoms. The molecule has 84 valence electrons. The van der Waals surface area contributed by atoms with Gasteiger partial charge in [-0.2, -0.15) is 0 Å². The first-order valence-electron chi connectivity index (χ1n) is 4.71. The zero-order valence-electron chi connectivity index (χ0n) is 9.53. The molecule has 0 radical (unpaired) electrons. The Bertz CT molecular complexity index is 324. The lowest BCUT2D eigenvalue weighted by Crippen LogP contribution is -2.05. The average molecular weight is 211 g/mol. The van der Waals surface area contributed by atoms with E-state index in [0.29, 0.717) is 17.0 Å². The predicted octanol–water partition coefficient (Wildman–Crippen LogP) is 2.09. The van der Waals surface area contributed by atoms with Gasteiger partial charge < -0.3 is 15.2 Å². The quantitative estimate of drug-likeness (QED) is 0.601.